The molecule has 0 radical (unpaired) electrons. The zero-order valence-corrected chi connectivity index (χ0v) is 18.9. The number of ether oxygens (including phenoxy) is 1. The summed E-state index contributed by atoms with van der Waals surface area (Å²) in [6, 6.07) is 12.9. The van der Waals surface area contributed by atoms with Crippen molar-refractivity contribution < 1.29 is 22.7 Å². The average molecular weight is 475 g/mol. The molecule has 0 aliphatic carbocycles. The van der Waals surface area contributed by atoms with E-state index in [2.05, 4.69) is 5.10 Å². The maximum Gasteiger partial charge on any atom is 0.338 e. The molecule has 0 bridgehead atoms. The molecule has 1 unspecified atom stereocenters. The van der Waals surface area contributed by atoms with Gasteiger partial charge in [0.15, 0.2) is 16.4 Å². The Morgan fingerprint density at radius 3 is 2.42 bits per heavy atom. The Morgan fingerprint density at radius 1 is 1.10 bits per heavy atom. The molecule has 3 heterocycles. The largest absolute Gasteiger partial charge is 0.452 e. The lowest BCUT2D eigenvalue weighted by Crippen LogP contribution is -2.31. The lowest BCUT2D eigenvalue weighted by Gasteiger charge is -2.20. The van der Waals surface area contributed by atoms with Crippen molar-refractivity contribution >= 4 is 50.1 Å². The number of nitrogens with zero attached hydrogens (tertiary/aromatic N) is 2. The van der Waals surface area contributed by atoms with E-state index in [9.17, 15) is 18.0 Å². The molecule has 1 aliphatic heterocycles. The molecule has 0 saturated heterocycles. The summed E-state index contributed by atoms with van der Waals surface area (Å²) in [6.07, 6.45) is 1.68. The summed E-state index contributed by atoms with van der Waals surface area (Å²) in [7, 11) is -3.36. The fraction of sp³-hybridized carbons (Fsp3) is 0.190. The molecule has 1 aromatic carbocycles. The number of sulfone groups is 1. The van der Waals surface area contributed by atoms with Gasteiger partial charge in [-0.15, -0.1) is 22.7 Å². The van der Waals surface area contributed by atoms with E-state index >= 15 is 0 Å². The number of hydrazone groups is 1. The van der Waals surface area contributed by atoms with Gasteiger partial charge in [-0.3, -0.25) is 4.79 Å². The number of carbonyl (C=O) groups excluding carboxylic acids is 2. The molecule has 160 valence electrons. The molecule has 1 aliphatic rings. The fourth-order valence-corrected chi connectivity index (χ4v) is 5.31. The van der Waals surface area contributed by atoms with Gasteiger partial charge in [0.25, 0.3) is 5.91 Å². The maximum absolute atomic E-state index is 12.9. The van der Waals surface area contributed by atoms with Gasteiger partial charge in [-0.25, -0.2) is 18.2 Å². The SMILES string of the molecule is CS(=O)(=O)c1ccc(C(=O)OCC(=O)N2N=C(c3cccs3)CC2c2cccs2)cc1. The summed E-state index contributed by atoms with van der Waals surface area (Å²) in [4.78, 5) is 27.3. The minimum absolute atomic E-state index is 0.103. The van der Waals surface area contributed by atoms with Crippen LogP contribution in [-0.4, -0.2) is 43.9 Å². The van der Waals surface area contributed by atoms with E-state index < -0.39 is 28.3 Å². The standard InChI is InChI=1S/C21H18N2O5S3/c1-31(26,27)15-8-6-14(7-9-15)21(25)28-13-20(24)23-17(19-5-3-11-30-19)12-16(22-23)18-4-2-10-29-18/h2-11,17H,12-13H2,1H3. The van der Waals surface area contributed by atoms with Crippen molar-refractivity contribution in [2.45, 2.75) is 17.4 Å². The summed E-state index contributed by atoms with van der Waals surface area (Å²) < 4.78 is 28.3. The minimum atomic E-state index is -3.36. The molecule has 0 spiro atoms. The van der Waals surface area contributed by atoms with Gasteiger partial charge in [-0.05, 0) is 47.2 Å². The quantitative estimate of drug-likeness (QED) is 0.507. The van der Waals surface area contributed by atoms with E-state index in [0.29, 0.717) is 6.42 Å². The van der Waals surface area contributed by atoms with Crippen LogP contribution in [0.3, 0.4) is 0 Å². The van der Waals surface area contributed by atoms with Crippen LogP contribution in [-0.2, 0) is 19.4 Å². The number of hydrogen-bond acceptors (Lipinski definition) is 8. The summed E-state index contributed by atoms with van der Waals surface area (Å²) in [6.45, 7) is -0.463. The van der Waals surface area contributed by atoms with Crippen LogP contribution in [0.1, 0.15) is 32.6 Å². The van der Waals surface area contributed by atoms with E-state index in [1.165, 1.54) is 29.3 Å². The second-order valence-electron chi connectivity index (χ2n) is 6.87. The van der Waals surface area contributed by atoms with E-state index in [1.807, 2.05) is 35.0 Å². The molecule has 0 fully saturated rings. The Kier molecular flexibility index (Phi) is 6.03. The third-order valence-electron chi connectivity index (χ3n) is 4.69. The molecule has 1 atom stereocenters. The second kappa shape index (κ2) is 8.74. The van der Waals surface area contributed by atoms with E-state index in [-0.39, 0.29) is 16.5 Å². The van der Waals surface area contributed by atoms with Gasteiger partial charge in [-0.2, -0.15) is 5.10 Å². The lowest BCUT2D eigenvalue weighted by molar-refractivity contribution is -0.136. The third kappa shape index (κ3) is 4.76. The van der Waals surface area contributed by atoms with Crippen LogP contribution in [0, 0.1) is 0 Å². The van der Waals surface area contributed by atoms with Gasteiger partial charge in [0.1, 0.15) is 0 Å². The van der Waals surface area contributed by atoms with Crippen LogP contribution in [0.4, 0.5) is 0 Å². The summed E-state index contributed by atoms with van der Waals surface area (Å²) in [5.41, 5.74) is 0.989. The van der Waals surface area contributed by atoms with Crippen LogP contribution >= 0.6 is 22.7 Å². The third-order valence-corrected chi connectivity index (χ3v) is 7.71. The first kappa shape index (κ1) is 21.4. The van der Waals surface area contributed by atoms with Crippen LogP contribution < -0.4 is 0 Å². The molecule has 4 rings (SSSR count). The van der Waals surface area contributed by atoms with Crippen LogP contribution in [0.15, 0.2) is 69.3 Å². The van der Waals surface area contributed by atoms with Gasteiger partial charge in [-0.1, -0.05) is 12.1 Å². The van der Waals surface area contributed by atoms with Crippen molar-refractivity contribution in [3.8, 4) is 0 Å². The number of amides is 1. The van der Waals surface area contributed by atoms with E-state index in [0.717, 1.165) is 21.7 Å². The summed E-state index contributed by atoms with van der Waals surface area (Å²) >= 11 is 3.10. The van der Waals surface area contributed by atoms with Gasteiger partial charge >= 0.3 is 5.97 Å². The molecule has 0 saturated carbocycles. The molecular formula is C21H18N2O5S3. The monoisotopic (exact) mass is 474 g/mol. The van der Waals surface area contributed by atoms with Crippen molar-refractivity contribution in [1.29, 1.82) is 0 Å². The average Bonchev–Trinajstić information content (AvgIpc) is 3.51. The maximum atomic E-state index is 12.9. The highest BCUT2D eigenvalue weighted by atomic mass is 32.2. The van der Waals surface area contributed by atoms with Crippen molar-refractivity contribution in [2.75, 3.05) is 12.9 Å². The molecular weight excluding hydrogens is 456 g/mol. The number of esters is 1. The summed E-state index contributed by atoms with van der Waals surface area (Å²) in [5, 5.41) is 9.81. The smallest absolute Gasteiger partial charge is 0.338 e. The molecule has 3 aromatic rings. The van der Waals surface area contributed by atoms with Crippen LogP contribution in [0.2, 0.25) is 0 Å². The highest BCUT2D eigenvalue weighted by Crippen LogP contribution is 2.35. The van der Waals surface area contributed by atoms with Crippen molar-refractivity contribution in [3.63, 3.8) is 0 Å². The molecule has 31 heavy (non-hydrogen) atoms. The predicted octanol–water partition coefficient (Wildman–Crippen LogP) is 3.75. The van der Waals surface area contributed by atoms with Crippen molar-refractivity contribution in [3.05, 3.63) is 74.6 Å². The van der Waals surface area contributed by atoms with Crippen LogP contribution in [0.5, 0.6) is 0 Å². The number of benzene rings is 1. The first-order valence-electron chi connectivity index (χ1n) is 9.27. The number of rotatable bonds is 6. The highest BCUT2D eigenvalue weighted by Gasteiger charge is 2.34. The normalized spacial score (nSPS) is 16.2. The molecule has 10 heteroatoms. The van der Waals surface area contributed by atoms with Gasteiger partial charge in [0.05, 0.1) is 27.1 Å². The van der Waals surface area contributed by atoms with Gasteiger partial charge in [0, 0.05) is 17.6 Å². The topological polar surface area (TPSA) is 93.1 Å². The van der Waals surface area contributed by atoms with E-state index in [1.54, 1.807) is 22.7 Å². The van der Waals surface area contributed by atoms with Gasteiger partial charge < -0.3 is 4.74 Å². The lowest BCUT2D eigenvalue weighted by atomic mass is 10.1. The Balaban J connectivity index is 1.46. The van der Waals surface area contributed by atoms with Crippen LogP contribution in [0.25, 0.3) is 0 Å². The number of thiophene rings is 2. The van der Waals surface area contributed by atoms with E-state index in [4.69, 9.17) is 4.74 Å². The van der Waals surface area contributed by atoms with Gasteiger partial charge in [0.2, 0.25) is 0 Å². The first-order chi connectivity index (χ1) is 14.8. The zero-order chi connectivity index (χ0) is 22.0. The Morgan fingerprint density at radius 2 is 1.81 bits per heavy atom. The minimum Gasteiger partial charge on any atom is -0.452 e. The molecule has 1 amide bonds. The summed E-state index contributed by atoms with van der Waals surface area (Å²) in [5.74, 6) is -1.13. The fourth-order valence-electron chi connectivity index (χ4n) is 3.15. The van der Waals surface area contributed by atoms with Crippen molar-refractivity contribution in [2.24, 2.45) is 5.10 Å². The van der Waals surface area contributed by atoms with Crippen molar-refractivity contribution in [1.82, 2.24) is 5.01 Å². The zero-order valence-electron chi connectivity index (χ0n) is 16.4. The predicted molar refractivity (Wildman–Crippen MR) is 119 cm³/mol. The Hall–Kier alpha value is -2.82. The first-order valence-corrected chi connectivity index (χ1v) is 12.9. The Bertz CT molecular complexity index is 1210. The molecule has 0 N–H and O–H groups in total. The number of hydrogen-bond donors (Lipinski definition) is 0. The molecule has 2 aromatic heterocycles. The molecule has 7 nitrogen and oxygen atoms in total. The number of carbonyl (C=O) groups is 2. The Labute approximate surface area is 187 Å². The second-order valence-corrected chi connectivity index (χ2v) is 10.8. The highest BCUT2D eigenvalue weighted by molar-refractivity contribution is 7.90.